The molecule has 0 aliphatic rings. The standard InChI is InChI=1S/C23H23N5O/c1-15-8-10-20(11-9-15)28-16(2)13-19(18(28)4)14-24-26-23(29)22-17(3)25-21-7-5-6-12-27(21)22/h5-14H,1-4H3,(H,26,29)/b24-14-. The molecule has 0 spiro atoms. The Morgan fingerprint density at radius 1 is 1.07 bits per heavy atom. The van der Waals surface area contributed by atoms with Gasteiger partial charge in [-0.15, -0.1) is 0 Å². The molecular weight excluding hydrogens is 362 g/mol. The van der Waals surface area contributed by atoms with Crippen molar-refractivity contribution >= 4 is 17.8 Å². The summed E-state index contributed by atoms with van der Waals surface area (Å²) < 4.78 is 3.95. The second kappa shape index (κ2) is 7.39. The molecule has 0 saturated carbocycles. The summed E-state index contributed by atoms with van der Waals surface area (Å²) in [4.78, 5) is 17.1. The van der Waals surface area contributed by atoms with Crippen LogP contribution in [0.4, 0.5) is 0 Å². The molecule has 1 aromatic carbocycles. The van der Waals surface area contributed by atoms with E-state index in [1.54, 1.807) is 10.6 Å². The summed E-state index contributed by atoms with van der Waals surface area (Å²) >= 11 is 0. The van der Waals surface area contributed by atoms with E-state index in [0.29, 0.717) is 11.4 Å². The van der Waals surface area contributed by atoms with Crippen LogP contribution in [0.25, 0.3) is 11.3 Å². The van der Waals surface area contributed by atoms with Gasteiger partial charge in [-0.05, 0) is 58.0 Å². The van der Waals surface area contributed by atoms with Crippen LogP contribution in [-0.4, -0.2) is 26.1 Å². The minimum atomic E-state index is -0.287. The first kappa shape index (κ1) is 18.7. The molecule has 0 fully saturated rings. The lowest BCUT2D eigenvalue weighted by Crippen LogP contribution is -2.20. The van der Waals surface area contributed by atoms with Gasteiger partial charge in [-0.2, -0.15) is 5.10 Å². The monoisotopic (exact) mass is 385 g/mol. The molecule has 146 valence electrons. The van der Waals surface area contributed by atoms with E-state index in [9.17, 15) is 4.79 Å². The predicted octanol–water partition coefficient (Wildman–Crippen LogP) is 4.12. The molecule has 0 atom stereocenters. The maximum absolute atomic E-state index is 12.7. The molecule has 4 aromatic rings. The highest BCUT2D eigenvalue weighted by molar-refractivity contribution is 5.95. The largest absolute Gasteiger partial charge is 0.318 e. The van der Waals surface area contributed by atoms with E-state index in [4.69, 9.17) is 0 Å². The van der Waals surface area contributed by atoms with Crippen LogP contribution in [0.1, 0.15) is 38.7 Å². The number of aryl methyl sites for hydroxylation is 3. The van der Waals surface area contributed by atoms with Gasteiger partial charge in [0.15, 0.2) is 0 Å². The first-order valence-corrected chi connectivity index (χ1v) is 9.49. The van der Waals surface area contributed by atoms with Gasteiger partial charge in [-0.3, -0.25) is 9.20 Å². The van der Waals surface area contributed by atoms with Crippen LogP contribution in [0.2, 0.25) is 0 Å². The Morgan fingerprint density at radius 2 is 1.83 bits per heavy atom. The molecule has 0 unspecified atom stereocenters. The van der Waals surface area contributed by atoms with Crippen LogP contribution in [0, 0.1) is 27.7 Å². The van der Waals surface area contributed by atoms with Crippen LogP contribution in [0.5, 0.6) is 0 Å². The Hall–Kier alpha value is -3.67. The first-order chi connectivity index (χ1) is 14.0. The van der Waals surface area contributed by atoms with Crippen molar-refractivity contribution in [1.29, 1.82) is 0 Å². The van der Waals surface area contributed by atoms with Crippen molar-refractivity contribution in [3.05, 3.63) is 88.6 Å². The molecule has 6 heteroatoms. The van der Waals surface area contributed by atoms with Crippen LogP contribution in [0.3, 0.4) is 0 Å². The van der Waals surface area contributed by atoms with Gasteiger partial charge in [0.25, 0.3) is 5.91 Å². The number of rotatable bonds is 4. The zero-order chi connectivity index (χ0) is 20.5. The van der Waals surface area contributed by atoms with E-state index in [1.807, 2.05) is 38.2 Å². The molecule has 0 radical (unpaired) electrons. The normalized spacial score (nSPS) is 11.4. The highest BCUT2D eigenvalue weighted by atomic mass is 16.2. The van der Waals surface area contributed by atoms with Crippen LogP contribution >= 0.6 is 0 Å². The third kappa shape index (κ3) is 3.45. The Bertz CT molecular complexity index is 1230. The fourth-order valence-corrected chi connectivity index (χ4v) is 3.61. The lowest BCUT2D eigenvalue weighted by molar-refractivity contribution is 0.0948. The molecule has 1 N–H and O–H groups in total. The fraction of sp³-hybridized carbons (Fsp3) is 0.174. The highest BCUT2D eigenvalue weighted by Crippen LogP contribution is 2.20. The molecule has 0 bridgehead atoms. The average molecular weight is 385 g/mol. The van der Waals surface area contributed by atoms with Crippen LogP contribution in [-0.2, 0) is 0 Å². The number of fused-ring (bicyclic) bond motifs is 1. The van der Waals surface area contributed by atoms with E-state index >= 15 is 0 Å². The van der Waals surface area contributed by atoms with Gasteiger partial charge in [-0.25, -0.2) is 10.4 Å². The van der Waals surface area contributed by atoms with Crippen molar-refractivity contribution < 1.29 is 4.79 Å². The number of pyridine rings is 1. The summed E-state index contributed by atoms with van der Waals surface area (Å²) in [6.45, 7) is 8.00. The smallest absolute Gasteiger partial charge is 0.290 e. The molecule has 0 aliphatic heterocycles. The van der Waals surface area contributed by atoms with Crippen molar-refractivity contribution in [1.82, 2.24) is 19.4 Å². The molecule has 3 heterocycles. The number of hydrogen-bond donors (Lipinski definition) is 1. The van der Waals surface area contributed by atoms with Gasteiger partial charge in [0.05, 0.1) is 11.9 Å². The molecule has 0 aliphatic carbocycles. The molecule has 0 saturated heterocycles. The number of nitrogens with zero attached hydrogens (tertiary/aromatic N) is 4. The Labute approximate surface area is 169 Å². The average Bonchev–Trinajstić information content (AvgIpc) is 3.18. The quantitative estimate of drug-likeness (QED) is 0.424. The van der Waals surface area contributed by atoms with Crippen molar-refractivity contribution in [3.8, 4) is 5.69 Å². The lowest BCUT2D eigenvalue weighted by atomic mass is 10.2. The van der Waals surface area contributed by atoms with E-state index in [0.717, 1.165) is 28.3 Å². The van der Waals surface area contributed by atoms with Crippen molar-refractivity contribution in [2.75, 3.05) is 0 Å². The number of hydrogen-bond acceptors (Lipinski definition) is 3. The van der Waals surface area contributed by atoms with E-state index in [-0.39, 0.29) is 5.91 Å². The topological polar surface area (TPSA) is 63.7 Å². The highest BCUT2D eigenvalue weighted by Gasteiger charge is 2.16. The van der Waals surface area contributed by atoms with Gasteiger partial charge in [0, 0.05) is 28.8 Å². The summed E-state index contributed by atoms with van der Waals surface area (Å²) in [5.74, 6) is -0.287. The van der Waals surface area contributed by atoms with Crippen molar-refractivity contribution in [3.63, 3.8) is 0 Å². The summed E-state index contributed by atoms with van der Waals surface area (Å²) in [5, 5.41) is 4.19. The van der Waals surface area contributed by atoms with Gasteiger partial charge in [-0.1, -0.05) is 23.8 Å². The molecule has 4 rings (SSSR count). The van der Waals surface area contributed by atoms with Gasteiger partial charge in [0.2, 0.25) is 0 Å². The lowest BCUT2D eigenvalue weighted by Gasteiger charge is -2.09. The maximum atomic E-state index is 12.7. The minimum Gasteiger partial charge on any atom is -0.318 e. The summed E-state index contributed by atoms with van der Waals surface area (Å²) in [6.07, 6.45) is 3.51. The van der Waals surface area contributed by atoms with Gasteiger partial charge in [0.1, 0.15) is 11.3 Å². The second-order valence-corrected chi connectivity index (χ2v) is 7.17. The van der Waals surface area contributed by atoms with Gasteiger partial charge >= 0.3 is 0 Å². The molecule has 6 nitrogen and oxygen atoms in total. The first-order valence-electron chi connectivity index (χ1n) is 9.49. The third-order valence-electron chi connectivity index (χ3n) is 5.05. The number of amides is 1. The van der Waals surface area contributed by atoms with Crippen LogP contribution in [0.15, 0.2) is 59.8 Å². The fourth-order valence-electron chi connectivity index (χ4n) is 3.61. The Balaban J connectivity index is 1.57. The Kier molecular flexibility index (Phi) is 4.76. The number of carbonyl (C=O) groups excluding carboxylic acids is 1. The summed E-state index contributed by atoms with van der Waals surface area (Å²) in [5.41, 5.74) is 9.99. The van der Waals surface area contributed by atoms with E-state index in [1.165, 1.54) is 5.56 Å². The number of nitrogens with one attached hydrogen (secondary N) is 1. The molecule has 1 amide bonds. The zero-order valence-electron chi connectivity index (χ0n) is 17.0. The summed E-state index contributed by atoms with van der Waals surface area (Å²) in [7, 11) is 0. The Morgan fingerprint density at radius 3 is 2.59 bits per heavy atom. The predicted molar refractivity (Wildman–Crippen MR) is 115 cm³/mol. The second-order valence-electron chi connectivity index (χ2n) is 7.17. The maximum Gasteiger partial charge on any atom is 0.290 e. The number of carbonyl (C=O) groups is 1. The number of aromatic nitrogens is 3. The van der Waals surface area contributed by atoms with Crippen LogP contribution < -0.4 is 5.43 Å². The van der Waals surface area contributed by atoms with E-state index in [2.05, 4.69) is 64.3 Å². The minimum absolute atomic E-state index is 0.287. The van der Waals surface area contributed by atoms with Crippen molar-refractivity contribution in [2.45, 2.75) is 27.7 Å². The molecular formula is C23H23N5O. The van der Waals surface area contributed by atoms with Crippen molar-refractivity contribution in [2.24, 2.45) is 5.10 Å². The SMILES string of the molecule is Cc1ccc(-n2c(C)cc(/C=N\NC(=O)c3c(C)nc4ccccn34)c2C)cc1. The third-order valence-corrected chi connectivity index (χ3v) is 5.05. The number of hydrazone groups is 1. The zero-order valence-corrected chi connectivity index (χ0v) is 17.0. The number of imidazole rings is 1. The molecule has 29 heavy (non-hydrogen) atoms. The van der Waals surface area contributed by atoms with E-state index < -0.39 is 0 Å². The van der Waals surface area contributed by atoms with Gasteiger partial charge < -0.3 is 4.57 Å². The summed E-state index contributed by atoms with van der Waals surface area (Å²) in [6, 6.07) is 16.1. The number of benzene rings is 1. The molecule has 3 aromatic heterocycles.